The van der Waals surface area contributed by atoms with Crippen molar-refractivity contribution in [2.75, 3.05) is 0 Å². The monoisotopic (exact) mass is 549 g/mol. The van der Waals surface area contributed by atoms with Gasteiger partial charge in [-0.3, -0.25) is 9.98 Å². The fourth-order valence-electron chi connectivity index (χ4n) is 4.59. The highest BCUT2D eigenvalue weighted by Crippen LogP contribution is 2.19. The first-order chi connectivity index (χ1) is 19.7. The van der Waals surface area contributed by atoms with E-state index in [1.54, 1.807) is 0 Å². The third kappa shape index (κ3) is 10.00. The van der Waals surface area contributed by atoms with E-state index in [1.165, 1.54) is 0 Å². The molecule has 0 aliphatic rings. The van der Waals surface area contributed by atoms with Gasteiger partial charge in [-0.05, 0) is 63.3 Å². The van der Waals surface area contributed by atoms with Gasteiger partial charge in [-0.25, -0.2) is 4.79 Å². The molecular formula is C35H39N3O3. The summed E-state index contributed by atoms with van der Waals surface area (Å²) in [5.41, 5.74) is 4.33. The van der Waals surface area contributed by atoms with Crippen molar-refractivity contribution in [1.29, 1.82) is 0 Å². The second-order valence-corrected chi connectivity index (χ2v) is 11.2. The first-order valence-electron chi connectivity index (χ1n) is 14.1. The number of aromatic nitrogens is 1. The summed E-state index contributed by atoms with van der Waals surface area (Å²) in [6.07, 6.45) is 3.69. The SMILES string of the molecule is CC(C)(C)OC(=O)N[C@@H](Cc1ccccc1)[C@H](O)C[C@H](Cc1ccccc1)N=Cc1ccc(-c2ccccc2)nc1. The van der Waals surface area contributed by atoms with E-state index in [4.69, 9.17) is 9.73 Å². The molecule has 1 aromatic heterocycles. The first kappa shape index (κ1) is 29.7. The van der Waals surface area contributed by atoms with Crippen LogP contribution in [-0.4, -0.2) is 46.2 Å². The van der Waals surface area contributed by atoms with E-state index in [0.717, 1.165) is 27.9 Å². The standard InChI is InChI=1S/C35H39N3O3/c1-35(2,3)41-34(40)38-32(22-27-15-9-5-10-16-27)33(39)23-30(21-26-13-7-4-8-14-26)36-24-28-19-20-31(37-25-28)29-17-11-6-12-18-29/h4-20,24-25,30,32-33,39H,21-23H2,1-3H3,(H,38,40)/t30-,32-,33+/m0/s1. The number of hydrogen-bond donors (Lipinski definition) is 2. The number of benzene rings is 3. The van der Waals surface area contributed by atoms with Gasteiger partial charge in [-0.1, -0.05) is 91.0 Å². The number of hydrogen-bond acceptors (Lipinski definition) is 5. The summed E-state index contributed by atoms with van der Waals surface area (Å²) in [6, 6.07) is 33.2. The number of aliphatic hydroxyl groups is 1. The molecule has 0 aliphatic carbocycles. The predicted octanol–water partition coefficient (Wildman–Crippen LogP) is 6.67. The minimum Gasteiger partial charge on any atom is -0.444 e. The summed E-state index contributed by atoms with van der Waals surface area (Å²) < 4.78 is 5.51. The predicted molar refractivity (Wildman–Crippen MR) is 165 cm³/mol. The molecule has 0 aliphatic heterocycles. The van der Waals surface area contributed by atoms with Gasteiger partial charge in [0.2, 0.25) is 0 Å². The number of pyridine rings is 1. The number of carbonyl (C=O) groups excluding carboxylic acids is 1. The lowest BCUT2D eigenvalue weighted by molar-refractivity contribution is 0.0406. The average molecular weight is 550 g/mol. The van der Waals surface area contributed by atoms with Crippen LogP contribution in [0, 0.1) is 0 Å². The Hall–Kier alpha value is -4.29. The number of rotatable bonds is 11. The van der Waals surface area contributed by atoms with Crippen LogP contribution in [0.2, 0.25) is 0 Å². The van der Waals surface area contributed by atoms with E-state index in [0.29, 0.717) is 19.3 Å². The molecule has 2 N–H and O–H groups in total. The summed E-state index contributed by atoms with van der Waals surface area (Å²) in [4.78, 5) is 22.2. The molecule has 0 fully saturated rings. The molecule has 0 spiro atoms. The minimum absolute atomic E-state index is 0.222. The van der Waals surface area contributed by atoms with Crippen molar-refractivity contribution in [2.45, 2.75) is 63.8 Å². The maximum atomic E-state index is 12.7. The van der Waals surface area contributed by atoms with Crippen molar-refractivity contribution in [3.63, 3.8) is 0 Å². The Balaban J connectivity index is 1.52. The minimum atomic E-state index is -0.854. The van der Waals surface area contributed by atoms with E-state index in [1.807, 2.05) is 124 Å². The van der Waals surface area contributed by atoms with Crippen LogP contribution in [-0.2, 0) is 17.6 Å². The normalized spacial score (nSPS) is 13.9. The molecule has 41 heavy (non-hydrogen) atoms. The van der Waals surface area contributed by atoms with Crippen molar-refractivity contribution in [2.24, 2.45) is 4.99 Å². The van der Waals surface area contributed by atoms with Gasteiger partial charge in [0.25, 0.3) is 0 Å². The summed E-state index contributed by atoms with van der Waals surface area (Å²) in [6.45, 7) is 5.46. The van der Waals surface area contributed by atoms with Crippen LogP contribution in [0.3, 0.4) is 0 Å². The first-order valence-corrected chi connectivity index (χ1v) is 14.1. The highest BCUT2D eigenvalue weighted by molar-refractivity contribution is 5.80. The van der Waals surface area contributed by atoms with E-state index in [-0.39, 0.29) is 6.04 Å². The quantitative estimate of drug-likeness (QED) is 0.205. The van der Waals surface area contributed by atoms with Gasteiger partial charge in [-0.2, -0.15) is 0 Å². The maximum Gasteiger partial charge on any atom is 0.407 e. The Morgan fingerprint density at radius 1 is 0.878 bits per heavy atom. The lowest BCUT2D eigenvalue weighted by Crippen LogP contribution is -2.47. The third-order valence-corrected chi connectivity index (χ3v) is 6.58. The number of nitrogens with zero attached hydrogens (tertiary/aromatic N) is 2. The molecule has 1 amide bonds. The van der Waals surface area contributed by atoms with E-state index < -0.39 is 23.8 Å². The molecule has 6 heteroatoms. The van der Waals surface area contributed by atoms with Crippen LogP contribution in [0.4, 0.5) is 4.79 Å². The number of amides is 1. The molecule has 0 saturated carbocycles. The molecule has 1 heterocycles. The summed E-state index contributed by atoms with van der Waals surface area (Å²) in [5, 5.41) is 14.4. The molecule has 3 atom stereocenters. The second kappa shape index (κ2) is 14.4. The molecule has 3 aromatic carbocycles. The van der Waals surface area contributed by atoms with Crippen molar-refractivity contribution in [3.8, 4) is 11.3 Å². The van der Waals surface area contributed by atoms with Gasteiger partial charge < -0.3 is 15.2 Å². The zero-order valence-corrected chi connectivity index (χ0v) is 24.0. The molecule has 0 unspecified atom stereocenters. The number of nitrogens with one attached hydrogen (secondary N) is 1. The fraction of sp³-hybridized carbons (Fsp3) is 0.286. The van der Waals surface area contributed by atoms with Crippen LogP contribution < -0.4 is 5.32 Å². The molecule has 0 radical (unpaired) electrons. The number of carbonyl (C=O) groups is 1. The molecule has 6 nitrogen and oxygen atoms in total. The van der Waals surface area contributed by atoms with Gasteiger partial charge in [0.1, 0.15) is 5.60 Å². The van der Waals surface area contributed by atoms with E-state index in [9.17, 15) is 9.90 Å². The maximum absolute atomic E-state index is 12.7. The summed E-state index contributed by atoms with van der Waals surface area (Å²) in [7, 11) is 0. The molecule has 212 valence electrons. The van der Waals surface area contributed by atoms with Gasteiger partial charge in [0.15, 0.2) is 0 Å². The summed E-state index contributed by atoms with van der Waals surface area (Å²) in [5.74, 6) is 0. The van der Waals surface area contributed by atoms with Crippen molar-refractivity contribution < 1.29 is 14.6 Å². The molecule has 4 rings (SSSR count). The second-order valence-electron chi connectivity index (χ2n) is 11.2. The van der Waals surface area contributed by atoms with Crippen LogP contribution in [0.15, 0.2) is 114 Å². The van der Waals surface area contributed by atoms with Crippen molar-refractivity contribution >= 4 is 12.3 Å². The Morgan fingerprint density at radius 3 is 2.02 bits per heavy atom. The smallest absolute Gasteiger partial charge is 0.407 e. The van der Waals surface area contributed by atoms with Crippen LogP contribution in [0.1, 0.15) is 43.9 Å². The number of ether oxygens (including phenoxy) is 1. The van der Waals surface area contributed by atoms with Gasteiger partial charge in [0.05, 0.1) is 23.9 Å². The van der Waals surface area contributed by atoms with Crippen LogP contribution in [0.5, 0.6) is 0 Å². The Bertz CT molecular complexity index is 1370. The van der Waals surface area contributed by atoms with E-state index >= 15 is 0 Å². The zero-order chi connectivity index (χ0) is 29.1. The lowest BCUT2D eigenvalue weighted by Gasteiger charge is -2.28. The molecule has 4 aromatic rings. The summed E-state index contributed by atoms with van der Waals surface area (Å²) >= 11 is 0. The Kier molecular flexibility index (Phi) is 10.4. The largest absolute Gasteiger partial charge is 0.444 e. The highest BCUT2D eigenvalue weighted by Gasteiger charge is 2.27. The molecule has 0 bridgehead atoms. The topological polar surface area (TPSA) is 83.8 Å². The molecule has 0 saturated heterocycles. The zero-order valence-electron chi connectivity index (χ0n) is 24.0. The van der Waals surface area contributed by atoms with Crippen LogP contribution >= 0.6 is 0 Å². The third-order valence-electron chi connectivity index (χ3n) is 6.58. The van der Waals surface area contributed by atoms with Crippen molar-refractivity contribution in [1.82, 2.24) is 10.3 Å². The van der Waals surface area contributed by atoms with E-state index in [2.05, 4.69) is 22.4 Å². The fourth-order valence-corrected chi connectivity index (χ4v) is 4.59. The van der Waals surface area contributed by atoms with Crippen LogP contribution in [0.25, 0.3) is 11.3 Å². The number of aliphatic hydroxyl groups excluding tert-OH is 1. The Labute approximate surface area is 243 Å². The Morgan fingerprint density at radius 2 is 1.46 bits per heavy atom. The van der Waals surface area contributed by atoms with Gasteiger partial charge in [-0.15, -0.1) is 0 Å². The number of alkyl carbamates (subject to hydrolysis) is 1. The van der Waals surface area contributed by atoms with Crippen molar-refractivity contribution in [3.05, 3.63) is 126 Å². The van der Waals surface area contributed by atoms with Gasteiger partial charge in [0, 0.05) is 23.5 Å². The highest BCUT2D eigenvalue weighted by atomic mass is 16.6. The average Bonchev–Trinajstić information content (AvgIpc) is 2.96. The van der Waals surface area contributed by atoms with Gasteiger partial charge >= 0.3 is 6.09 Å². The number of aliphatic imine (C=N–C) groups is 1. The lowest BCUT2D eigenvalue weighted by atomic mass is 9.94. The molecular weight excluding hydrogens is 510 g/mol.